The zero-order valence-corrected chi connectivity index (χ0v) is 63.2. The van der Waals surface area contributed by atoms with Crippen LogP contribution in [0.3, 0.4) is 0 Å². The van der Waals surface area contributed by atoms with Crippen LogP contribution in [0.2, 0.25) is 0 Å². The Kier molecular flexibility index (Phi) is 26.1. The molecule has 7 saturated heterocycles. The highest BCUT2D eigenvalue weighted by Crippen LogP contribution is 2.76. The van der Waals surface area contributed by atoms with Gasteiger partial charge in [-0.25, -0.2) is 0 Å². The molecule has 11 fully saturated rings. The van der Waals surface area contributed by atoms with Crippen molar-refractivity contribution in [1.82, 2.24) is 10.6 Å². The van der Waals surface area contributed by atoms with Crippen molar-refractivity contribution < 1.29 is 183 Å². The molecule has 5 aliphatic carbocycles. The van der Waals surface area contributed by atoms with Crippen molar-refractivity contribution in [2.45, 2.75) is 309 Å². The van der Waals surface area contributed by atoms with Crippen LogP contribution in [-0.4, -0.2) is 381 Å². The zero-order chi connectivity index (χ0) is 81.1. The van der Waals surface area contributed by atoms with Gasteiger partial charge in [-0.1, -0.05) is 53.2 Å². The molecule has 7 heterocycles. The minimum Gasteiger partial charge on any atom is -0.432 e. The Balaban J connectivity index is 0.816. The van der Waals surface area contributed by atoms with Crippen LogP contribution >= 0.6 is 0 Å². The molecule has 2 amide bonds. The normalized spacial score (nSPS) is 51.7. The number of ether oxygens (including phenoxy) is 14. The number of hydrogen-bond acceptors (Lipinski definition) is 37. The fraction of sp³-hybridized carbons (Fsp3) is 0.931. The number of amides is 2. The van der Waals surface area contributed by atoms with Crippen LogP contribution in [0.15, 0.2) is 11.6 Å². The number of allylic oxidation sites excluding steroid dienone is 1. The monoisotopic (exact) mass is 1600 g/mol. The molecule has 12 aliphatic rings. The number of fused-ring (bicyclic) bond motifs is 7. The number of carbonyl (C=O) groups is 3. The molecule has 111 heavy (non-hydrogen) atoms. The van der Waals surface area contributed by atoms with E-state index in [1.165, 1.54) is 6.92 Å². The van der Waals surface area contributed by atoms with Gasteiger partial charge in [-0.05, 0) is 90.8 Å². The summed E-state index contributed by atoms with van der Waals surface area (Å²) in [6.07, 6.45) is -48.5. The summed E-state index contributed by atoms with van der Waals surface area (Å²) in [7, 11) is 0. The summed E-state index contributed by atoms with van der Waals surface area (Å²) in [4.78, 5) is 42.1. The molecule has 39 heteroatoms. The van der Waals surface area contributed by atoms with Crippen molar-refractivity contribution >= 4 is 17.8 Å². The standard InChI is InChI=1S/C72H116N2O37/c1-27(79)73-40-52(108-60-48(90)42(84)31(81)20-98-60)45(87)35(19-76)103-58(40)101-23-36-46(88)53(109-61-49(91)43(85)32(82)21-99-61)41(74-28(2)80)59(105-36)106-39-12-13-68(7)37(67(39,5)6)11-14-69(8)38(68)10-9-29-30-17-66(3,4)15-16-71(30,55(93)56(94)72(29,69)25-78)65(96)111-63-54(47(89)44(86)34(18-75)104-63)110-62-50(92)51(33(83)22-100-62)107-64-57(95)70(97,24-77)26-102-64/h9,30-64,75-78,81-95,97H,10-26H2,1-8H3,(H,73,79)(H,74,80)/t30-,31+,32+,33+,34+,35+,36+,37-,38+,39-,40+,41+,42-,43-,44+,45+,46+,47-,48+,49+,50+,51-,52+,53+,54+,55+,56-,57-,58+,59-,60-,61-,62-,63-,64-,68-,69+,70+,71+,72-/m0/s1. The van der Waals surface area contributed by atoms with E-state index < -0.39 is 318 Å². The van der Waals surface area contributed by atoms with Crippen LogP contribution in [0, 0.1) is 50.2 Å². The van der Waals surface area contributed by atoms with Gasteiger partial charge >= 0.3 is 5.97 Å². The quantitative estimate of drug-likeness (QED) is 0.0288. The first kappa shape index (κ1) is 87.2. The van der Waals surface area contributed by atoms with Gasteiger partial charge in [0.15, 0.2) is 43.8 Å². The van der Waals surface area contributed by atoms with Gasteiger partial charge in [0.1, 0.15) is 139 Å². The lowest BCUT2D eigenvalue weighted by Gasteiger charge is -2.73. The average Bonchev–Trinajstić information content (AvgIpc) is 0.885. The molecule has 7 aliphatic heterocycles. The fourth-order valence-corrected chi connectivity index (χ4v) is 20.9. The molecule has 4 saturated carbocycles. The van der Waals surface area contributed by atoms with E-state index in [1.807, 2.05) is 40.7 Å². The third-order valence-electron chi connectivity index (χ3n) is 27.1. The summed E-state index contributed by atoms with van der Waals surface area (Å²) in [6.45, 7) is 7.94. The maximum Gasteiger partial charge on any atom is 0.317 e. The topological polar surface area (TPSA) is 609 Å². The van der Waals surface area contributed by atoms with Gasteiger partial charge in [-0.2, -0.15) is 0 Å². The fourth-order valence-electron chi connectivity index (χ4n) is 20.9. The van der Waals surface area contributed by atoms with E-state index in [-0.39, 0.29) is 37.5 Å². The van der Waals surface area contributed by atoms with E-state index in [4.69, 9.17) is 66.3 Å². The predicted molar refractivity (Wildman–Crippen MR) is 364 cm³/mol. The Morgan fingerprint density at radius 1 is 0.495 bits per heavy atom. The van der Waals surface area contributed by atoms with Gasteiger partial charge in [0.2, 0.25) is 18.1 Å². The first-order chi connectivity index (χ1) is 52.1. The highest BCUT2D eigenvalue weighted by atomic mass is 16.8. The number of aliphatic hydroxyl groups excluding tert-OH is 19. The van der Waals surface area contributed by atoms with Crippen LogP contribution < -0.4 is 10.6 Å². The number of aliphatic hydroxyl groups is 20. The summed E-state index contributed by atoms with van der Waals surface area (Å²) in [5.41, 5.74) is -8.52. The summed E-state index contributed by atoms with van der Waals surface area (Å²) in [5, 5.41) is 230. The molecule has 0 aromatic heterocycles. The Labute approximate surface area is 639 Å². The number of nitrogens with one attached hydrogen (secondary N) is 2. The molecule has 22 N–H and O–H groups in total. The molecule has 0 bridgehead atoms. The van der Waals surface area contributed by atoms with Crippen LogP contribution in [0.5, 0.6) is 0 Å². The zero-order valence-electron chi connectivity index (χ0n) is 63.2. The molecule has 40 atom stereocenters. The van der Waals surface area contributed by atoms with E-state index in [0.29, 0.717) is 31.3 Å². The minimum atomic E-state index is -2.16. The van der Waals surface area contributed by atoms with E-state index in [9.17, 15) is 112 Å². The van der Waals surface area contributed by atoms with Crippen LogP contribution in [0.1, 0.15) is 107 Å². The van der Waals surface area contributed by atoms with Crippen molar-refractivity contribution in [2.24, 2.45) is 50.2 Å². The minimum absolute atomic E-state index is 0.106. The van der Waals surface area contributed by atoms with Gasteiger partial charge < -0.3 is 179 Å². The third-order valence-corrected chi connectivity index (χ3v) is 27.1. The lowest BCUT2D eigenvalue weighted by molar-refractivity contribution is -0.361. The second-order valence-electron chi connectivity index (χ2n) is 34.6. The maximum absolute atomic E-state index is 15.8. The molecule has 39 nitrogen and oxygen atoms in total. The van der Waals surface area contributed by atoms with Crippen molar-refractivity contribution in [1.29, 1.82) is 0 Å². The average molecular weight is 1600 g/mol. The maximum atomic E-state index is 15.8. The molecule has 0 unspecified atom stereocenters. The number of esters is 1. The van der Waals surface area contributed by atoms with Crippen molar-refractivity contribution in [3.05, 3.63) is 11.6 Å². The van der Waals surface area contributed by atoms with Gasteiger partial charge in [-0.3, -0.25) is 14.4 Å². The van der Waals surface area contributed by atoms with Gasteiger partial charge in [0, 0.05) is 19.3 Å². The van der Waals surface area contributed by atoms with Crippen LogP contribution in [-0.2, 0) is 80.7 Å². The largest absolute Gasteiger partial charge is 0.432 e. The summed E-state index contributed by atoms with van der Waals surface area (Å²) in [6, 6.07) is -3.00. The summed E-state index contributed by atoms with van der Waals surface area (Å²) >= 11 is 0. The van der Waals surface area contributed by atoms with E-state index in [2.05, 4.69) is 17.6 Å². The Morgan fingerprint density at radius 2 is 1.03 bits per heavy atom. The summed E-state index contributed by atoms with van der Waals surface area (Å²) in [5.74, 6) is -4.18. The Bertz CT molecular complexity index is 3260. The first-order valence-corrected chi connectivity index (χ1v) is 38.3. The smallest absolute Gasteiger partial charge is 0.317 e. The van der Waals surface area contributed by atoms with Crippen LogP contribution in [0.25, 0.3) is 0 Å². The lowest BCUT2D eigenvalue weighted by atomic mass is 9.32. The van der Waals surface area contributed by atoms with Crippen molar-refractivity contribution in [2.75, 3.05) is 59.5 Å². The molecule has 12 rings (SSSR count). The third kappa shape index (κ3) is 15.3. The molecule has 0 radical (unpaired) electrons. The van der Waals surface area contributed by atoms with E-state index in [0.717, 1.165) is 6.92 Å². The van der Waals surface area contributed by atoms with E-state index >= 15 is 4.79 Å². The number of carbonyl (C=O) groups excluding carboxylic acids is 3. The van der Waals surface area contributed by atoms with E-state index in [1.54, 1.807) is 0 Å². The molecule has 0 spiro atoms. The highest BCUT2D eigenvalue weighted by Gasteiger charge is 2.77. The predicted octanol–water partition coefficient (Wildman–Crippen LogP) is -8.80. The van der Waals surface area contributed by atoms with Crippen LogP contribution in [0.4, 0.5) is 0 Å². The molecule has 0 aromatic carbocycles. The Hall–Kier alpha value is -3.17. The SMILES string of the molecule is CC(=O)N[C@H]1[C@H](OC[C@H]2O[C@@H](O[C@H]3CC[C@]4(C)[C@H]5CC=C6[C@@H]7CC(C)(C)CC[C@]7(C(=O)O[C@@H]7O[C@H](CO)[C@@H](O)[C@H](O)[C@H]7O[C@@H]7OC[C@@H](O)[C@H](O[C@@H]8OC[C@](O)(CO)[C@H]8O)[C@H]7O)[C@H](O)[C@H](O)[C@@]6(CO)[C@]5(C)CC[C@H]4C3(C)C)[C@H](NC(C)=O)[C@@H](O[C@@H]3OC[C@@H](O)[C@H](O)[C@H]3O)[C@@H]2O)O[C@H](CO)[C@@H](O)[C@@H]1O[C@@H]1OC[C@@H](O)[C@H](O)[C@H]1O. The van der Waals surface area contributed by atoms with Gasteiger partial charge in [0.25, 0.3) is 0 Å². The van der Waals surface area contributed by atoms with Crippen molar-refractivity contribution in [3.8, 4) is 0 Å². The second kappa shape index (κ2) is 33.2. The molecular formula is C72H116N2O37. The highest BCUT2D eigenvalue weighted by molar-refractivity contribution is 5.80. The lowest BCUT2D eigenvalue weighted by Crippen LogP contribution is -2.74. The molecule has 0 aromatic rings. The second-order valence-corrected chi connectivity index (χ2v) is 34.6. The molecular weight excluding hydrogens is 1480 g/mol. The number of rotatable bonds is 21. The van der Waals surface area contributed by atoms with Crippen molar-refractivity contribution in [3.63, 3.8) is 0 Å². The van der Waals surface area contributed by atoms with Gasteiger partial charge in [0.05, 0.1) is 77.8 Å². The Morgan fingerprint density at radius 3 is 1.59 bits per heavy atom. The molecule has 636 valence electrons. The van der Waals surface area contributed by atoms with Gasteiger partial charge in [-0.15, -0.1) is 0 Å². The summed E-state index contributed by atoms with van der Waals surface area (Å²) < 4.78 is 84.6. The first-order valence-electron chi connectivity index (χ1n) is 38.3. The number of hydrogen-bond donors (Lipinski definition) is 22.